The molecular formula is C16H15F3N4O2S2. The van der Waals surface area contributed by atoms with Gasteiger partial charge in [0.05, 0.1) is 21.9 Å². The van der Waals surface area contributed by atoms with Crippen LogP contribution in [0.15, 0.2) is 35.7 Å². The summed E-state index contributed by atoms with van der Waals surface area (Å²) in [7, 11) is -1.35. The first-order chi connectivity index (χ1) is 12.8. The molecule has 3 heterocycles. The molecule has 0 spiro atoms. The number of imidazole rings is 1. The number of rotatable bonds is 6. The van der Waals surface area contributed by atoms with Crippen molar-refractivity contribution < 1.29 is 22.1 Å². The van der Waals surface area contributed by atoms with E-state index in [9.17, 15) is 17.4 Å². The van der Waals surface area contributed by atoms with Gasteiger partial charge >= 0.3 is 6.18 Å². The number of halogens is 3. The Morgan fingerprint density at radius 3 is 2.74 bits per heavy atom. The van der Waals surface area contributed by atoms with Gasteiger partial charge < -0.3 is 4.74 Å². The normalized spacial score (nSPS) is 13.1. The van der Waals surface area contributed by atoms with Crippen molar-refractivity contribution >= 4 is 28.2 Å². The van der Waals surface area contributed by atoms with Crippen molar-refractivity contribution in [2.45, 2.75) is 18.0 Å². The minimum Gasteiger partial charge on any atom is -0.481 e. The predicted octanol–water partition coefficient (Wildman–Crippen LogP) is 3.64. The highest BCUT2D eigenvalue weighted by Crippen LogP contribution is 2.30. The highest BCUT2D eigenvalue weighted by molar-refractivity contribution is 7.98. The molecule has 0 radical (unpaired) electrons. The zero-order valence-electron chi connectivity index (χ0n) is 14.4. The van der Waals surface area contributed by atoms with E-state index in [-0.39, 0.29) is 5.65 Å². The summed E-state index contributed by atoms with van der Waals surface area (Å²) in [5, 5.41) is 0. The number of pyridine rings is 1. The van der Waals surface area contributed by atoms with E-state index in [2.05, 4.69) is 15.0 Å². The second kappa shape index (κ2) is 7.85. The first-order valence-electron chi connectivity index (χ1n) is 7.76. The lowest BCUT2D eigenvalue weighted by atomic mass is 10.3. The average Bonchev–Trinajstić information content (AvgIpc) is 3.07. The number of hydrogen-bond acceptors (Lipinski definition) is 6. The Balaban J connectivity index is 2.07. The summed E-state index contributed by atoms with van der Waals surface area (Å²) in [5.74, 6) is 1.24. The molecule has 1 unspecified atom stereocenters. The van der Waals surface area contributed by atoms with E-state index in [0.717, 1.165) is 12.4 Å². The molecule has 0 aliphatic rings. The molecule has 0 fully saturated rings. The maximum Gasteiger partial charge on any atom is 0.433 e. The van der Waals surface area contributed by atoms with Gasteiger partial charge in [0, 0.05) is 24.1 Å². The third-order valence-electron chi connectivity index (χ3n) is 3.56. The van der Waals surface area contributed by atoms with Gasteiger partial charge in [-0.15, -0.1) is 11.8 Å². The number of ether oxygens (including phenoxy) is 1. The van der Waals surface area contributed by atoms with Gasteiger partial charge in [-0.3, -0.25) is 8.61 Å². The lowest BCUT2D eigenvalue weighted by molar-refractivity contribution is -0.141. The Labute approximate surface area is 159 Å². The third kappa shape index (κ3) is 4.24. The van der Waals surface area contributed by atoms with E-state index >= 15 is 0 Å². The zero-order chi connectivity index (χ0) is 19.6. The number of nitrogens with zero attached hydrogens (tertiary/aromatic N) is 4. The molecule has 144 valence electrons. The minimum absolute atomic E-state index is 0.0741. The molecule has 0 aromatic carbocycles. The Hall–Kier alpha value is -2.14. The fourth-order valence-electron chi connectivity index (χ4n) is 2.31. The van der Waals surface area contributed by atoms with Crippen LogP contribution in [-0.2, 0) is 17.0 Å². The van der Waals surface area contributed by atoms with Crippen molar-refractivity contribution in [1.29, 1.82) is 0 Å². The summed E-state index contributed by atoms with van der Waals surface area (Å²) in [6.45, 7) is 1.76. The molecule has 27 heavy (non-hydrogen) atoms. The van der Waals surface area contributed by atoms with Gasteiger partial charge in [0.1, 0.15) is 40.7 Å². The first kappa shape index (κ1) is 19.6. The molecule has 0 saturated heterocycles. The lowest BCUT2D eigenvalue weighted by Crippen LogP contribution is -2.08. The summed E-state index contributed by atoms with van der Waals surface area (Å²) >= 11 is 1.48. The van der Waals surface area contributed by atoms with Crippen LogP contribution >= 0.6 is 11.8 Å². The van der Waals surface area contributed by atoms with E-state index in [1.54, 1.807) is 13.0 Å². The van der Waals surface area contributed by atoms with Crippen LogP contribution in [0.3, 0.4) is 0 Å². The summed E-state index contributed by atoms with van der Waals surface area (Å²) in [4.78, 5) is 12.3. The van der Waals surface area contributed by atoms with E-state index in [1.165, 1.54) is 28.6 Å². The second-order valence-electron chi connectivity index (χ2n) is 5.37. The van der Waals surface area contributed by atoms with Crippen LogP contribution < -0.4 is 4.74 Å². The van der Waals surface area contributed by atoms with Crippen molar-refractivity contribution in [1.82, 2.24) is 19.4 Å². The monoisotopic (exact) mass is 416 g/mol. The van der Waals surface area contributed by atoms with Crippen molar-refractivity contribution in [2.75, 3.05) is 17.9 Å². The van der Waals surface area contributed by atoms with Crippen molar-refractivity contribution in [2.24, 2.45) is 0 Å². The molecule has 3 aromatic rings. The number of aromatic nitrogens is 4. The molecular weight excluding hydrogens is 401 g/mol. The van der Waals surface area contributed by atoms with Crippen LogP contribution in [0.1, 0.15) is 12.6 Å². The Bertz CT molecular complexity index is 991. The second-order valence-corrected chi connectivity index (χ2v) is 7.89. The van der Waals surface area contributed by atoms with Gasteiger partial charge in [0.2, 0.25) is 0 Å². The molecule has 6 nitrogen and oxygen atoms in total. The Morgan fingerprint density at radius 2 is 2.07 bits per heavy atom. The third-order valence-corrected chi connectivity index (χ3v) is 5.24. The van der Waals surface area contributed by atoms with E-state index in [1.807, 2.05) is 6.26 Å². The maximum absolute atomic E-state index is 12.8. The predicted molar refractivity (Wildman–Crippen MR) is 97.2 cm³/mol. The fraction of sp³-hybridized carbons (Fsp3) is 0.312. The summed E-state index contributed by atoms with van der Waals surface area (Å²) in [6, 6.07) is 2.48. The van der Waals surface area contributed by atoms with Crippen LogP contribution in [0.2, 0.25) is 0 Å². The quantitative estimate of drug-likeness (QED) is 0.572. The topological polar surface area (TPSA) is 69.4 Å². The van der Waals surface area contributed by atoms with Crippen LogP contribution in [-0.4, -0.2) is 41.5 Å². The molecule has 0 aliphatic heterocycles. The molecule has 3 rings (SSSR count). The number of fused-ring (bicyclic) bond motifs is 1. The maximum atomic E-state index is 12.8. The summed E-state index contributed by atoms with van der Waals surface area (Å²) in [6.07, 6.45) is 1.35. The van der Waals surface area contributed by atoms with Crippen molar-refractivity contribution in [3.63, 3.8) is 0 Å². The summed E-state index contributed by atoms with van der Waals surface area (Å²) < 4.78 is 57.8. The average molecular weight is 416 g/mol. The van der Waals surface area contributed by atoms with Gasteiger partial charge in [-0.2, -0.15) is 13.2 Å². The molecule has 0 bridgehead atoms. The van der Waals surface area contributed by atoms with Gasteiger partial charge in [0.15, 0.2) is 0 Å². The highest BCUT2D eigenvalue weighted by Gasteiger charge is 2.33. The number of hydrogen-bond donors (Lipinski definition) is 0. The van der Waals surface area contributed by atoms with E-state index < -0.39 is 22.7 Å². The van der Waals surface area contributed by atoms with Crippen molar-refractivity contribution in [3.8, 4) is 17.1 Å². The Kier molecular flexibility index (Phi) is 5.70. The molecule has 0 amide bonds. The zero-order valence-corrected chi connectivity index (χ0v) is 16.0. The number of alkyl halides is 3. The van der Waals surface area contributed by atoms with E-state index in [4.69, 9.17) is 4.74 Å². The first-order valence-corrected chi connectivity index (χ1v) is 10.5. The van der Waals surface area contributed by atoms with Crippen LogP contribution in [0.5, 0.6) is 5.75 Å². The fourth-order valence-corrected chi connectivity index (χ4v) is 3.50. The molecule has 3 aromatic heterocycles. The molecule has 1 atom stereocenters. The van der Waals surface area contributed by atoms with Crippen LogP contribution in [0, 0.1) is 0 Å². The van der Waals surface area contributed by atoms with Crippen LogP contribution in [0.25, 0.3) is 17.0 Å². The highest BCUT2D eigenvalue weighted by atomic mass is 32.2. The minimum atomic E-state index is -4.56. The van der Waals surface area contributed by atoms with Gasteiger partial charge in [-0.1, -0.05) is 6.92 Å². The van der Waals surface area contributed by atoms with Crippen LogP contribution in [0.4, 0.5) is 13.2 Å². The molecule has 0 aliphatic carbocycles. The lowest BCUT2D eigenvalue weighted by Gasteiger charge is -2.09. The van der Waals surface area contributed by atoms with Gasteiger partial charge in [-0.25, -0.2) is 15.0 Å². The van der Waals surface area contributed by atoms with Gasteiger partial charge in [-0.05, 0) is 6.26 Å². The smallest absolute Gasteiger partial charge is 0.433 e. The molecule has 0 saturated carbocycles. The molecule has 11 heteroatoms. The van der Waals surface area contributed by atoms with E-state index in [0.29, 0.717) is 33.7 Å². The van der Waals surface area contributed by atoms with Gasteiger partial charge in [0.25, 0.3) is 0 Å². The largest absolute Gasteiger partial charge is 0.481 e. The standard InChI is InChI=1S/C16H15F3N4O2S2/c1-3-27(24)12-4-10(25-9-26-2)6-20-15(12)11-7-23-8-21-13(16(17,18)19)5-14(23)22-11/h4-8H,3,9H2,1-2H3. The Morgan fingerprint density at radius 1 is 1.30 bits per heavy atom. The molecule has 0 N–H and O–H groups in total. The van der Waals surface area contributed by atoms with Crippen molar-refractivity contribution in [3.05, 3.63) is 36.5 Å². The summed E-state index contributed by atoms with van der Waals surface area (Å²) in [5.41, 5.74) is -0.309. The SMILES string of the molecule is CCS(=O)c1cc(OCSC)cnc1-c1cn2cnc(C(F)(F)F)cc2n1. The number of thioether (sulfide) groups is 1.